The fourth-order valence-corrected chi connectivity index (χ4v) is 2.66. The summed E-state index contributed by atoms with van der Waals surface area (Å²) >= 11 is 0. The number of hydrogen-bond acceptors (Lipinski definition) is 4. The lowest BCUT2D eigenvalue weighted by atomic mass is 10.0. The zero-order chi connectivity index (χ0) is 18.5. The van der Waals surface area contributed by atoms with Crippen molar-refractivity contribution in [2.75, 3.05) is 0 Å². The van der Waals surface area contributed by atoms with Crippen LogP contribution in [-0.2, 0) is 11.2 Å². The van der Waals surface area contributed by atoms with E-state index in [1.165, 1.54) is 6.20 Å². The van der Waals surface area contributed by atoms with Gasteiger partial charge in [-0.15, -0.1) is 0 Å². The van der Waals surface area contributed by atoms with Gasteiger partial charge >= 0.3 is 0 Å². The lowest BCUT2D eigenvalue weighted by Crippen LogP contribution is -2.45. The summed E-state index contributed by atoms with van der Waals surface area (Å²) in [5.74, 6) is -1.07. The molecule has 0 saturated heterocycles. The first-order valence-electron chi connectivity index (χ1n) is 8.01. The van der Waals surface area contributed by atoms with Gasteiger partial charge in [0.05, 0.1) is 22.7 Å². The van der Waals surface area contributed by atoms with Crippen LogP contribution in [0.25, 0.3) is 10.9 Å². The van der Waals surface area contributed by atoms with Crippen molar-refractivity contribution in [2.24, 2.45) is 5.73 Å². The first-order valence-corrected chi connectivity index (χ1v) is 8.01. The molecule has 0 bridgehead atoms. The van der Waals surface area contributed by atoms with Gasteiger partial charge in [0.1, 0.15) is 6.04 Å². The second-order valence-corrected chi connectivity index (χ2v) is 5.86. The van der Waals surface area contributed by atoms with Gasteiger partial charge in [-0.25, -0.2) is 0 Å². The van der Waals surface area contributed by atoms with Crippen LogP contribution in [0.1, 0.15) is 21.5 Å². The number of fused-ring (bicyclic) bond motifs is 1. The SMILES string of the molecule is N#Cc1cccc(C[C@@H](NC(=O)c2cnc3ccccc3c2)C(N)=O)c1. The summed E-state index contributed by atoms with van der Waals surface area (Å²) in [5.41, 5.74) is 7.79. The van der Waals surface area contributed by atoms with Gasteiger partial charge in [-0.05, 0) is 29.8 Å². The van der Waals surface area contributed by atoms with Crippen molar-refractivity contribution < 1.29 is 9.59 Å². The Kier molecular flexibility index (Phi) is 4.90. The molecule has 0 saturated carbocycles. The Balaban J connectivity index is 1.79. The number of aromatic nitrogens is 1. The van der Waals surface area contributed by atoms with Gasteiger partial charge in [-0.2, -0.15) is 5.26 Å². The number of rotatable bonds is 5. The highest BCUT2D eigenvalue weighted by Gasteiger charge is 2.20. The third-order valence-electron chi connectivity index (χ3n) is 4.00. The number of para-hydroxylation sites is 1. The first kappa shape index (κ1) is 17.1. The van der Waals surface area contributed by atoms with Crippen molar-refractivity contribution in [3.63, 3.8) is 0 Å². The molecule has 0 fully saturated rings. The number of amides is 2. The highest BCUT2D eigenvalue weighted by atomic mass is 16.2. The Labute approximate surface area is 150 Å². The molecule has 3 rings (SSSR count). The normalized spacial score (nSPS) is 11.5. The quantitative estimate of drug-likeness (QED) is 0.737. The van der Waals surface area contributed by atoms with Crippen molar-refractivity contribution in [3.8, 4) is 6.07 Å². The molecule has 0 unspecified atom stereocenters. The van der Waals surface area contributed by atoms with Crippen LogP contribution in [0.3, 0.4) is 0 Å². The Morgan fingerprint density at radius 1 is 1.15 bits per heavy atom. The van der Waals surface area contributed by atoms with E-state index < -0.39 is 17.9 Å². The number of hydrogen-bond donors (Lipinski definition) is 2. The third kappa shape index (κ3) is 3.84. The molecule has 1 aromatic heterocycles. The molecule has 0 aliphatic rings. The largest absolute Gasteiger partial charge is 0.368 e. The van der Waals surface area contributed by atoms with E-state index in [1.54, 1.807) is 30.3 Å². The molecule has 6 nitrogen and oxygen atoms in total. The third-order valence-corrected chi connectivity index (χ3v) is 4.00. The number of carbonyl (C=O) groups is 2. The molecule has 0 aliphatic heterocycles. The van der Waals surface area contributed by atoms with Gasteiger partial charge in [0.25, 0.3) is 5.91 Å². The Bertz CT molecular complexity index is 1020. The second kappa shape index (κ2) is 7.45. The fourth-order valence-electron chi connectivity index (χ4n) is 2.66. The van der Waals surface area contributed by atoms with Crippen LogP contribution in [0, 0.1) is 11.3 Å². The van der Waals surface area contributed by atoms with Crippen LogP contribution in [0.15, 0.2) is 60.8 Å². The van der Waals surface area contributed by atoms with Crippen LogP contribution >= 0.6 is 0 Å². The Hall–Kier alpha value is -3.72. The summed E-state index contributed by atoms with van der Waals surface area (Å²) < 4.78 is 0. The molecule has 2 amide bonds. The van der Waals surface area contributed by atoms with E-state index >= 15 is 0 Å². The topological polar surface area (TPSA) is 109 Å². The van der Waals surface area contributed by atoms with Crippen molar-refractivity contribution >= 4 is 22.7 Å². The molecule has 26 heavy (non-hydrogen) atoms. The van der Waals surface area contributed by atoms with E-state index in [4.69, 9.17) is 11.0 Å². The molecule has 0 aliphatic carbocycles. The summed E-state index contributed by atoms with van der Waals surface area (Å²) in [6.45, 7) is 0. The number of pyridine rings is 1. The first-order chi connectivity index (χ1) is 12.6. The average Bonchev–Trinajstić information content (AvgIpc) is 2.67. The molecular formula is C20H16N4O2. The highest BCUT2D eigenvalue weighted by Crippen LogP contribution is 2.13. The van der Waals surface area contributed by atoms with Crippen LogP contribution in [0.2, 0.25) is 0 Å². The van der Waals surface area contributed by atoms with Crippen LogP contribution in [-0.4, -0.2) is 22.8 Å². The van der Waals surface area contributed by atoms with Gasteiger partial charge < -0.3 is 11.1 Å². The second-order valence-electron chi connectivity index (χ2n) is 5.86. The molecule has 1 heterocycles. The van der Waals surface area contributed by atoms with Gasteiger partial charge in [-0.3, -0.25) is 14.6 Å². The van der Waals surface area contributed by atoms with Crippen molar-refractivity contribution in [1.29, 1.82) is 5.26 Å². The van der Waals surface area contributed by atoms with E-state index in [9.17, 15) is 9.59 Å². The van der Waals surface area contributed by atoms with Crippen molar-refractivity contribution in [2.45, 2.75) is 12.5 Å². The maximum Gasteiger partial charge on any atom is 0.253 e. The molecule has 3 aromatic rings. The van der Waals surface area contributed by atoms with Gasteiger partial charge in [-0.1, -0.05) is 30.3 Å². The number of carbonyl (C=O) groups excluding carboxylic acids is 2. The summed E-state index contributed by atoms with van der Waals surface area (Å²) in [4.78, 5) is 28.5. The van der Waals surface area contributed by atoms with E-state index in [1.807, 2.05) is 30.3 Å². The predicted molar refractivity (Wildman–Crippen MR) is 97.1 cm³/mol. The van der Waals surface area contributed by atoms with Crippen molar-refractivity contribution in [3.05, 3.63) is 77.5 Å². The van der Waals surface area contributed by atoms with E-state index in [-0.39, 0.29) is 6.42 Å². The summed E-state index contributed by atoms with van der Waals surface area (Å²) in [7, 11) is 0. The minimum Gasteiger partial charge on any atom is -0.368 e. The maximum absolute atomic E-state index is 12.5. The fraction of sp³-hybridized carbons (Fsp3) is 0.100. The van der Waals surface area contributed by atoms with Crippen molar-refractivity contribution in [1.82, 2.24) is 10.3 Å². The molecule has 128 valence electrons. The minimum atomic E-state index is -0.886. The summed E-state index contributed by atoms with van der Waals surface area (Å²) in [5, 5.41) is 12.4. The van der Waals surface area contributed by atoms with Crippen LogP contribution < -0.4 is 11.1 Å². The summed E-state index contributed by atoms with van der Waals surface area (Å²) in [6, 6.07) is 17.1. The van der Waals surface area contributed by atoms with Gasteiger partial charge in [0.15, 0.2) is 0 Å². The minimum absolute atomic E-state index is 0.206. The lowest BCUT2D eigenvalue weighted by molar-refractivity contribution is -0.119. The monoisotopic (exact) mass is 344 g/mol. The van der Waals surface area contributed by atoms with Crippen LogP contribution in [0.5, 0.6) is 0 Å². The molecule has 0 spiro atoms. The molecule has 2 aromatic carbocycles. The standard InChI is InChI=1S/C20H16N4O2/c21-11-14-5-3-4-13(8-14)9-18(19(22)25)24-20(26)16-10-15-6-1-2-7-17(15)23-12-16/h1-8,10,12,18H,9H2,(H2,22,25)(H,24,26)/t18-/m1/s1. The van der Waals surface area contributed by atoms with E-state index in [2.05, 4.69) is 10.3 Å². The maximum atomic E-state index is 12.5. The van der Waals surface area contributed by atoms with E-state index in [0.29, 0.717) is 11.1 Å². The summed E-state index contributed by atoms with van der Waals surface area (Å²) in [6.07, 6.45) is 1.67. The lowest BCUT2D eigenvalue weighted by Gasteiger charge is -2.16. The van der Waals surface area contributed by atoms with Gasteiger partial charge in [0, 0.05) is 18.0 Å². The Morgan fingerprint density at radius 3 is 2.73 bits per heavy atom. The zero-order valence-electron chi connectivity index (χ0n) is 13.8. The predicted octanol–water partition coefficient (Wildman–Crippen LogP) is 1.93. The Morgan fingerprint density at radius 2 is 1.96 bits per heavy atom. The van der Waals surface area contributed by atoms with E-state index in [0.717, 1.165) is 16.5 Å². The number of benzene rings is 2. The smallest absolute Gasteiger partial charge is 0.253 e. The molecule has 1 atom stereocenters. The number of nitrogens with two attached hydrogens (primary N) is 1. The zero-order valence-corrected chi connectivity index (χ0v) is 13.8. The molecular weight excluding hydrogens is 328 g/mol. The number of primary amides is 1. The molecule has 3 N–H and O–H groups in total. The van der Waals surface area contributed by atoms with Crippen LogP contribution in [0.4, 0.5) is 0 Å². The molecule has 6 heteroatoms. The highest BCUT2D eigenvalue weighted by molar-refractivity contribution is 5.99. The number of nitriles is 1. The molecule has 0 radical (unpaired) electrons. The number of nitrogens with zero attached hydrogens (tertiary/aromatic N) is 2. The van der Waals surface area contributed by atoms with Gasteiger partial charge in [0.2, 0.25) is 5.91 Å². The average molecular weight is 344 g/mol. The number of nitrogens with one attached hydrogen (secondary N) is 1.